The van der Waals surface area contributed by atoms with Crippen LogP contribution in [0.15, 0.2) is 53.0 Å². The fourth-order valence-electron chi connectivity index (χ4n) is 2.19. The van der Waals surface area contributed by atoms with Gasteiger partial charge in [-0.3, -0.25) is 10.1 Å². The highest BCUT2D eigenvalue weighted by Gasteiger charge is 2.12. The molecule has 25 heavy (non-hydrogen) atoms. The Bertz CT molecular complexity index is 896. The second-order valence-electron chi connectivity index (χ2n) is 5.22. The van der Waals surface area contributed by atoms with Crippen LogP contribution in [0, 0.1) is 12.7 Å². The third-order valence-corrected chi connectivity index (χ3v) is 4.71. The number of nitrogens with zero attached hydrogens (tertiary/aromatic N) is 1. The third-order valence-electron chi connectivity index (χ3n) is 3.33. The van der Waals surface area contributed by atoms with Gasteiger partial charge in [0.25, 0.3) is 5.91 Å². The molecule has 0 bridgehead atoms. The van der Waals surface area contributed by atoms with E-state index in [1.54, 1.807) is 24.3 Å². The van der Waals surface area contributed by atoms with Gasteiger partial charge in [-0.1, -0.05) is 22.0 Å². The van der Waals surface area contributed by atoms with Crippen molar-refractivity contribution < 1.29 is 13.9 Å². The Morgan fingerprint density at radius 3 is 2.76 bits per heavy atom. The molecule has 4 nitrogen and oxygen atoms in total. The molecule has 1 heterocycles. The fourth-order valence-corrected chi connectivity index (χ4v) is 3.42. The number of thiazole rings is 1. The van der Waals surface area contributed by atoms with Crippen molar-refractivity contribution in [2.45, 2.75) is 6.92 Å². The fraction of sp³-hybridized carbons (Fsp3) is 0.111. The van der Waals surface area contributed by atoms with Crippen LogP contribution in [0.3, 0.4) is 0 Å². The minimum absolute atomic E-state index is 0.110. The minimum atomic E-state index is -0.296. The first-order chi connectivity index (χ1) is 12.0. The second kappa shape index (κ2) is 7.76. The lowest BCUT2D eigenvalue weighted by atomic mass is 10.1. The van der Waals surface area contributed by atoms with Gasteiger partial charge in [0.2, 0.25) is 0 Å². The Morgan fingerprint density at radius 1 is 1.28 bits per heavy atom. The monoisotopic (exact) mass is 420 g/mol. The van der Waals surface area contributed by atoms with Crippen molar-refractivity contribution >= 4 is 38.3 Å². The molecule has 0 aliphatic heterocycles. The maximum atomic E-state index is 13.0. The van der Waals surface area contributed by atoms with Gasteiger partial charge >= 0.3 is 0 Å². The van der Waals surface area contributed by atoms with Crippen molar-refractivity contribution in [1.29, 1.82) is 0 Å². The van der Waals surface area contributed by atoms with Crippen LogP contribution in [0.4, 0.5) is 9.52 Å². The molecule has 1 amide bonds. The Morgan fingerprint density at radius 2 is 2.04 bits per heavy atom. The molecular weight excluding hydrogens is 407 g/mol. The Hall–Kier alpha value is -2.25. The molecule has 0 fully saturated rings. The maximum absolute atomic E-state index is 13.0. The summed E-state index contributed by atoms with van der Waals surface area (Å²) in [5.74, 6) is 0.0149. The number of rotatable bonds is 5. The van der Waals surface area contributed by atoms with Gasteiger partial charge in [-0.25, -0.2) is 9.37 Å². The van der Waals surface area contributed by atoms with Crippen molar-refractivity contribution in [3.05, 3.63) is 63.7 Å². The van der Waals surface area contributed by atoms with Crippen LogP contribution in [-0.2, 0) is 4.79 Å². The number of aryl methyl sites for hydroxylation is 1. The number of benzene rings is 2. The number of anilines is 1. The van der Waals surface area contributed by atoms with Gasteiger partial charge < -0.3 is 4.74 Å². The number of hydrogen-bond donors (Lipinski definition) is 1. The molecule has 0 unspecified atom stereocenters. The number of amides is 1. The molecule has 0 saturated heterocycles. The molecule has 1 N–H and O–H groups in total. The van der Waals surface area contributed by atoms with Crippen LogP contribution < -0.4 is 10.1 Å². The molecule has 3 rings (SSSR count). The number of halogens is 2. The van der Waals surface area contributed by atoms with Crippen LogP contribution in [-0.4, -0.2) is 17.5 Å². The molecule has 2 aromatic carbocycles. The zero-order valence-electron chi connectivity index (χ0n) is 13.3. The summed E-state index contributed by atoms with van der Waals surface area (Å²) in [4.78, 5) is 17.4. The summed E-state index contributed by atoms with van der Waals surface area (Å²) in [6, 6.07) is 13.4. The largest absolute Gasteiger partial charge is 0.484 e. The van der Waals surface area contributed by atoms with Gasteiger partial charge in [0, 0.05) is 14.9 Å². The van der Waals surface area contributed by atoms with Crippen LogP contribution in [0.1, 0.15) is 4.88 Å². The summed E-state index contributed by atoms with van der Waals surface area (Å²) in [6.45, 7) is 1.80. The first-order valence-electron chi connectivity index (χ1n) is 7.43. The summed E-state index contributed by atoms with van der Waals surface area (Å²) in [6.07, 6.45) is 0. The predicted molar refractivity (Wildman–Crippen MR) is 101 cm³/mol. The topological polar surface area (TPSA) is 51.2 Å². The van der Waals surface area contributed by atoms with E-state index in [0.29, 0.717) is 10.9 Å². The van der Waals surface area contributed by atoms with Crippen LogP contribution in [0.25, 0.3) is 11.3 Å². The van der Waals surface area contributed by atoms with Crippen molar-refractivity contribution in [1.82, 2.24) is 4.98 Å². The highest BCUT2D eigenvalue weighted by Crippen LogP contribution is 2.30. The van der Waals surface area contributed by atoms with Gasteiger partial charge in [-0.15, -0.1) is 11.3 Å². The minimum Gasteiger partial charge on any atom is -0.484 e. The van der Waals surface area contributed by atoms with Crippen molar-refractivity contribution in [3.63, 3.8) is 0 Å². The summed E-state index contributed by atoms with van der Waals surface area (Å²) in [7, 11) is 0. The number of ether oxygens (including phenoxy) is 1. The van der Waals surface area contributed by atoms with Crippen molar-refractivity contribution in [2.75, 3.05) is 11.9 Å². The highest BCUT2D eigenvalue weighted by molar-refractivity contribution is 9.10. The van der Waals surface area contributed by atoms with Gasteiger partial charge in [0.05, 0.1) is 5.69 Å². The number of nitrogens with one attached hydrogen (secondary N) is 1. The molecule has 0 aliphatic rings. The summed E-state index contributed by atoms with van der Waals surface area (Å²) >= 11 is 4.71. The molecule has 0 atom stereocenters. The van der Waals surface area contributed by atoms with Crippen molar-refractivity contribution in [3.8, 4) is 17.0 Å². The normalized spacial score (nSPS) is 10.5. The number of hydrogen-bond acceptors (Lipinski definition) is 4. The molecule has 3 aromatic rings. The van der Waals surface area contributed by atoms with E-state index in [9.17, 15) is 9.18 Å². The first kappa shape index (κ1) is 17.6. The molecule has 7 heteroatoms. The molecule has 0 saturated carbocycles. The summed E-state index contributed by atoms with van der Waals surface area (Å²) in [5, 5.41) is 3.21. The van der Waals surface area contributed by atoms with E-state index < -0.39 is 0 Å². The van der Waals surface area contributed by atoms with E-state index >= 15 is 0 Å². The van der Waals surface area contributed by atoms with Crippen LogP contribution in [0.5, 0.6) is 5.75 Å². The zero-order chi connectivity index (χ0) is 17.8. The molecule has 128 valence electrons. The zero-order valence-corrected chi connectivity index (χ0v) is 15.7. The van der Waals surface area contributed by atoms with E-state index in [1.807, 2.05) is 19.1 Å². The summed E-state index contributed by atoms with van der Waals surface area (Å²) < 4.78 is 19.4. The predicted octanol–water partition coefficient (Wildman–Crippen LogP) is 5.04. The molecule has 0 aliphatic carbocycles. The lowest BCUT2D eigenvalue weighted by Gasteiger charge is -2.06. The van der Waals surface area contributed by atoms with Crippen LogP contribution in [0.2, 0.25) is 0 Å². The molecular formula is C18H14BrFN2O2S. The Labute approximate surface area is 156 Å². The number of carbonyl (C=O) groups is 1. The molecule has 0 spiro atoms. The summed E-state index contributed by atoms with van der Waals surface area (Å²) in [5.41, 5.74) is 1.54. The number of carbonyl (C=O) groups excluding carboxylic acids is 1. The Balaban J connectivity index is 1.64. The molecule has 1 aromatic heterocycles. The van der Waals surface area contributed by atoms with E-state index in [2.05, 4.69) is 26.2 Å². The SMILES string of the molecule is Cc1sc(NC(=O)COc2cccc(Br)c2)nc1-c1ccc(F)cc1. The average Bonchev–Trinajstić information content (AvgIpc) is 2.94. The molecule has 0 radical (unpaired) electrons. The van der Waals surface area contributed by atoms with E-state index in [0.717, 1.165) is 20.6 Å². The lowest BCUT2D eigenvalue weighted by molar-refractivity contribution is -0.118. The quantitative estimate of drug-likeness (QED) is 0.628. The Kier molecular flexibility index (Phi) is 5.45. The van der Waals surface area contributed by atoms with Gasteiger partial charge in [-0.05, 0) is 49.4 Å². The number of aromatic nitrogens is 1. The van der Waals surface area contributed by atoms with Gasteiger partial charge in [0.15, 0.2) is 11.7 Å². The van der Waals surface area contributed by atoms with Gasteiger partial charge in [0.1, 0.15) is 11.6 Å². The van der Waals surface area contributed by atoms with Crippen molar-refractivity contribution in [2.24, 2.45) is 0 Å². The third kappa shape index (κ3) is 4.64. The smallest absolute Gasteiger partial charge is 0.264 e. The van der Waals surface area contributed by atoms with Crippen LogP contribution >= 0.6 is 27.3 Å². The van der Waals surface area contributed by atoms with E-state index in [-0.39, 0.29) is 18.3 Å². The standard InChI is InChI=1S/C18H14BrFN2O2S/c1-11-17(12-5-7-14(20)8-6-12)22-18(25-11)21-16(23)10-24-15-4-2-3-13(19)9-15/h2-9H,10H2,1H3,(H,21,22,23). The average molecular weight is 421 g/mol. The van der Waals surface area contributed by atoms with Gasteiger partial charge in [-0.2, -0.15) is 0 Å². The second-order valence-corrected chi connectivity index (χ2v) is 7.34. The maximum Gasteiger partial charge on any atom is 0.264 e. The van der Waals surface area contributed by atoms with E-state index in [1.165, 1.54) is 23.5 Å². The highest BCUT2D eigenvalue weighted by atomic mass is 79.9. The lowest BCUT2D eigenvalue weighted by Crippen LogP contribution is -2.20. The van der Waals surface area contributed by atoms with E-state index in [4.69, 9.17) is 4.74 Å². The first-order valence-corrected chi connectivity index (χ1v) is 9.04.